The lowest BCUT2D eigenvalue weighted by atomic mass is 9.94. The fourth-order valence-electron chi connectivity index (χ4n) is 2.79. The predicted octanol–water partition coefficient (Wildman–Crippen LogP) is 1.90. The number of primary amides is 1. The van der Waals surface area contributed by atoms with Crippen molar-refractivity contribution < 1.29 is 9.59 Å². The molecular formula is C15H18N4O2S. The molecule has 0 bridgehead atoms. The summed E-state index contributed by atoms with van der Waals surface area (Å²) in [7, 11) is 0. The fourth-order valence-corrected chi connectivity index (χ4v) is 3.63. The number of likely N-dealkylation sites (tertiary alicyclic amines) is 1. The molecule has 1 fully saturated rings. The minimum atomic E-state index is -0.541. The van der Waals surface area contributed by atoms with E-state index < -0.39 is 5.91 Å². The van der Waals surface area contributed by atoms with E-state index in [2.05, 4.69) is 10.2 Å². The number of aromatic nitrogens is 2. The average molecular weight is 318 g/mol. The number of H-pyrrole nitrogens is 1. The van der Waals surface area contributed by atoms with Gasteiger partial charge in [-0.05, 0) is 38.0 Å². The molecule has 0 radical (unpaired) electrons. The number of hydrogen-bond acceptors (Lipinski definition) is 4. The topological polar surface area (TPSA) is 92.1 Å². The van der Waals surface area contributed by atoms with Gasteiger partial charge in [-0.2, -0.15) is 5.10 Å². The highest BCUT2D eigenvalue weighted by molar-refractivity contribution is 7.13. The minimum Gasteiger partial charge on any atom is -0.364 e. The van der Waals surface area contributed by atoms with Crippen LogP contribution in [0.5, 0.6) is 0 Å². The van der Waals surface area contributed by atoms with Gasteiger partial charge in [0.05, 0.1) is 4.88 Å². The molecule has 22 heavy (non-hydrogen) atoms. The quantitative estimate of drug-likeness (QED) is 0.905. The molecule has 1 aliphatic heterocycles. The molecule has 3 heterocycles. The van der Waals surface area contributed by atoms with Crippen LogP contribution in [0.2, 0.25) is 0 Å². The number of aromatic amines is 1. The Morgan fingerprint density at radius 3 is 2.91 bits per heavy atom. The molecule has 1 atom stereocenters. The van der Waals surface area contributed by atoms with Crippen LogP contribution in [-0.4, -0.2) is 40.0 Å². The van der Waals surface area contributed by atoms with Gasteiger partial charge in [-0.25, -0.2) is 0 Å². The van der Waals surface area contributed by atoms with Crippen LogP contribution in [0.25, 0.3) is 0 Å². The molecule has 6 nitrogen and oxygen atoms in total. The third-order valence-corrected chi connectivity index (χ3v) is 4.94. The molecule has 0 aromatic carbocycles. The number of nitrogens with two attached hydrogens (primary N) is 1. The summed E-state index contributed by atoms with van der Waals surface area (Å²) in [6, 6.07) is 5.54. The van der Waals surface area contributed by atoms with Crippen LogP contribution >= 0.6 is 11.3 Å². The summed E-state index contributed by atoms with van der Waals surface area (Å²) in [4.78, 5) is 27.5. The Hall–Kier alpha value is -2.15. The van der Waals surface area contributed by atoms with Crippen molar-refractivity contribution in [1.29, 1.82) is 0 Å². The second kappa shape index (κ2) is 5.92. The lowest BCUT2D eigenvalue weighted by molar-refractivity contribution is 0.0710. The van der Waals surface area contributed by atoms with Crippen molar-refractivity contribution >= 4 is 23.2 Å². The molecular weight excluding hydrogens is 300 g/mol. The highest BCUT2D eigenvalue weighted by Crippen LogP contribution is 2.28. The lowest BCUT2D eigenvalue weighted by Gasteiger charge is -2.32. The molecule has 2 aromatic heterocycles. The second-order valence-corrected chi connectivity index (χ2v) is 6.86. The van der Waals surface area contributed by atoms with E-state index in [1.165, 1.54) is 11.3 Å². The maximum Gasteiger partial charge on any atom is 0.269 e. The Kier molecular flexibility index (Phi) is 3.98. The van der Waals surface area contributed by atoms with Crippen molar-refractivity contribution in [3.05, 3.63) is 39.3 Å². The third kappa shape index (κ3) is 2.89. The zero-order chi connectivity index (χ0) is 15.7. The SMILES string of the molecule is Cc1ccc(C(=O)N2CCC[C@@H](c3cc(C(N)=O)n[nH]3)C2)s1. The molecule has 3 rings (SSSR count). The summed E-state index contributed by atoms with van der Waals surface area (Å²) >= 11 is 1.52. The minimum absolute atomic E-state index is 0.0810. The first-order valence-electron chi connectivity index (χ1n) is 7.25. The Balaban J connectivity index is 1.73. The molecule has 1 aliphatic rings. The van der Waals surface area contributed by atoms with Gasteiger partial charge >= 0.3 is 0 Å². The Morgan fingerprint density at radius 2 is 2.27 bits per heavy atom. The van der Waals surface area contributed by atoms with Gasteiger partial charge in [-0.1, -0.05) is 0 Å². The molecule has 2 amide bonds. The maximum atomic E-state index is 12.5. The summed E-state index contributed by atoms with van der Waals surface area (Å²) in [6.07, 6.45) is 1.90. The van der Waals surface area contributed by atoms with E-state index in [-0.39, 0.29) is 17.5 Å². The Labute approximate surface area is 132 Å². The van der Waals surface area contributed by atoms with Crippen LogP contribution in [0.4, 0.5) is 0 Å². The maximum absolute atomic E-state index is 12.5. The summed E-state index contributed by atoms with van der Waals surface area (Å²) in [6.45, 7) is 3.40. The number of piperidine rings is 1. The third-order valence-electron chi connectivity index (χ3n) is 3.95. The zero-order valence-electron chi connectivity index (χ0n) is 12.3. The first-order chi connectivity index (χ1) is 10.5. The van der Waals surface area contributed by atoms with E-state index in [4.69, 9.17) is 5.73 Å². The van der Waals surface area contributed by atoms with Gasteiger partial charge < -0.3 is 10.6 Å². The van der Waals surface area contributed by atoms with Gasteiger partial charge in [0.1, 0.15) is 5.69 Å². The van der Waals surface area contributed by atoms with Crippen molar-refractivity contribution in [3.8, 4) is 0 Å². The smallest absolute Gasteiger partial charge is 0.269 e. The standard InChI is InChI=1S/C15H18N4O2S/c1-9-4-5-13(22-9)15(21)19-6-2-3-10(8-19)11-7-12(14(16)20)18-17-11/h4-5,7,10H,2-3,6,8H2,1H3,(H2,16,20)(H,17,18)/t10-/m1/s1. The van der Waals surface area contributed by atoms with Gasteiger partial charge in [0, 0.05) is 29.6 Å². The van der Waals surface area contributed by atoms with Crippen molar-refractivity contribution in [2.24, 2.45) is 5.73 Å². The second-order valence-electron chi connectivity index (χ2n) is 5.57. The normalized spacial score (nSPS) is 18.4. The van der Waals surface area contributed by atoms with E-state index in [0.29, 0.717) is 6.54 Å². The highest BCUT2D eigenvalue weighted by Gasteiger charge is 2.27. The summed E-state index contributed by atoms with van der Waals surface area (Å²) in [5.41, 5.74) is 6.34. The van der Waals surface area contributed by atoms with E-state index in [0.717, 1.165) is 34.8 Å². The van der Waals surface area contributed by atoms with E-state index >= 15 is 0 Å². The molecule has 0 saturated carbocycles. The van der Waals surface area contributed by atoms with Crippen LogP contribution < -0.4 is 5.73 Å². The van der Waals surface area contributed by atoms with Gasteiger partial charge in [-0.15, -0.1) is 11.3 Å². The Bertz CT molecular complexity index is 706. The largest absolute Gasteiger partial charge is 0.364 e. The number of nitrogens with one attached hydrogen (secondary N) is 1. The average Bonchev–Trinajstić information content (AvgIpc) is 3.15. The number of carbonyl (C=O) groups excluding carboxylic acids is 2. The van der Waals surface area contributed by atoms with Crippen LogP contribution in [-0.2, 0) is 0 Å². The zero-order valence-corrected chi connectivity index (χ0v) is 13.2. The van der Waals surface area contributed by atoms with E-state index in [1.807, 2.05) is 24.0 Å². The first kappa shape index (κ1) is 14.8. The van der Waals surface area contributed by atoms with Crippen molar-refractivity contribution in [3.63, 3.8) is 0 Å². The Morgan fingerprint density at radius 1 is 1.45 bits per heavy atom. The molecule has 3 N–H and O–H groups in total. The number of carbonyl (C=O) groups is 2. The van der Waals surface area contributed by atoms with Crippen LogP contribution in [0.1, 0.15) is 49.5 Å². The molecule has 1 saturated heterocycles. The summed E-state index contributed by atoms with van der Waals surface area (Å²) in [5, 5.41) is 6.80. The number of aryl methyl sites for hydroxylation is 1. The molecule has 116 valence electrons. The lowest BCUT2D eigenvalue weighted by Crippen LogP contribution is -2.38. The number of amides is 2. The molecule has 0 spiro atoms. The predicted molar refractivity (Wildman–Crippen MR) is 84.0 cm³/mol. The van der Waals surface area contributed by atoms with Crippen LogP contribution in [0.3, 0.4) is 0 Å². The van der Waals surface area contributed by atoms with Crippen molar-refractivity contribution in [2.45, 2.75) is 25.7 Å². The number of thiophene rings is 1. The van der Waals surface area contributed by atoms with Crippen LogP contribution in [0.15, 0.2) is 18.2 Å². The van der Waals surface area contributed by atoms with Crippen LogP contribution in [0, 0.1) is 6.92 Å². The van der Waals surface area contributed by atoms with Gasteiger partial charge in [-0.3, -0.25) is 14.7 Å². The molecule has 7 heteroatoms. The highest BCUT2D eigenvalue weighted by atomic mass is 32.1. The van der Waals surface area contributed by atoms with E-state index in [1.54, 1.807) is 6.07 Å². The molecule has 2 aromatic rings. The molecule has 0 aliphatic carbocycles. The van der Waals surface area contributed by atoms with Gasteiger partial charge in [0.25, 0.3) is 11.8 Å². The van der Waals surface area contributed by atoms with Gasteiger partial charge in [0.2, 0.25) is 0 Å². The first-order valence-corrected chi connectivity index (χ1v) is 8.07. The number of hydrogen-bond donors (Lipinski definition) is 2. The fraction of sp³-hybridized carbons (Fsp3) is 0.400. The number of rotatable bonds is 3. The van der Waals surface area contributed by atoms with Crippen molar-refractivity contribution in [2.75, 3.05) is 13.1 Å². The van der Waals surface area contributed by atoms with Gasteiger partial charge in [0.15, 0.2) is 0 Å². The molecule has 0 unspecified atom stereocenters. The van der Waals surface area contributed by atoms with Crippen molar-refractivity contribution in [1.82, 2.24) is 15.1 Å². The van der Waals surface area contributed by atoms with E-state index in [9.17, 15) is 9.59 Å². The monoisotopic (exact) mass is 318 g/mol. The number of nitrogens with zero attached hydrogens (tertiary/aromatic N) is 2. The summed E-state index contributed by atoms with van der Waals surface area (Å²) in [5.74, 6) is -0.294. The summed E-state index contributed by atoms with van der Waals surface area (Å²) < 4.78 is 0.